The number of halogens is 2. The summed E-state index contributed by atoms with van der Waals surface area (Å²) >= 11 is 3.18. The van der Waals surface area contributed by atoms with Crippen molar-refractivity contribution in [3.8, 4) is 5.75 Å². The molecule has 1 aliphatic heterocycles. The predicted molar refractivity (Wildman–Crippen MR) is 66.6 cm³/mol. The molecule has 4 nitrogen and oxygen atoms in total. The van der Waals surface area contributed by atoms with Gasteiger partial charge in [-0.1, -0.05) is 15.9 Å². The van der Waals surface area contributed by atoms with Crippen LogP contribution in [0.3, 0.4) is 0 Å². The van der Waals surface area contributed by atoms with Crippen molar-refractivity contribution in [2.45, 2.75) is 19.3 Å². The van der Waals surface area contributed by atoms with Gasteiger partial charge >= 0.3 is 6.09 Å². The Balaban J connectivity index is 1.90. The van der Waals surface area contributed by atoms with Crippen molar-refractivity contribution in [3.05, 3.63) is 28.5 Å². The average molecular weight is 318 g/mol. The van der Waals surface area contributed by atoms with E-state index >= 15 is 0 Å². The number of carbonyl (C=O) groups is 1. The van der Waals surface area contributed by atoms with E-state index < -0.39 is 11.9 Å². The SMILES string of the molecule is O=C(OOc1cc(Br)ccc1F)N1CCCCC1. The molecule has 0 N–H and O–H groups in total. The predicted octanol–water partition coefficient (Wildman–Crippen LogP) is 3.50. The minimum atomic E-state index is -0.579. The van der Waals surface area contributed by atoms with E-state index in [2.05, 4.69) is 20.8 Å². The van der Waals surface area contributed by atoms with Crippen molar-refractivity contribution in [3.63, 3.8) is 0 Å². The molecule has 0 unspecified atom stereocenters. The van der Waals surface area contributed by atoms with Gasteiger partial charge in [0.25, 0.3) is 0 Å². The first kappa shape index (κ1) is 13.1. The lowest BCUT2D eigenvalue weighted by atomic mass is 10.1. The summed E-state index contributed by atoms with van der Waals surface area (Å²) in [6, 6.07) is 4.17. The van der Waals surface area contributed by atoms with Gasteiger partial charge in [-0.3, -0.25) is 4.89 Å². The number of hydrogen-bond acceptors (Lipinski definition) is 3. The Morgan fingerprint density at radius 2 is 2.00 bits per heavy atom. The van der Waals surface area contributed by atoms with Crippen LogP contribution in [0.1, 0.15) is 19.3 Å². The van der Waals surface area contributed by atoms with Gasteiger partial charge < -0.3 is 4.90 Å². The Bertz CT molecular complexity index is 435. The van der Waals surface area contributed by atoms with Crippen molar-refractivity contribution >= 4 is 22.0 Å². The summed E-state index contributed by atoms with van der Waals surface area (Å²) in [6.45, 7) is 1.31. The Morgan fingerprint density at radius 1 is 1.28 bits per heavy atom. The second-order valence-electron chi connectivity index (χ2n) is 4.06. The fourth-order valence-electron chi connectivity index (χ4n) is 1.75. The molecule has 0 saturated carbocycles. The molecule has 1 heterocycles. The van der Waals surface area contributed by atoms with Crippen LogP contribution in [0.15, 0.2) is 22.7 Å². The number of rotatable bonds is 2. The second-order valence-corrected chi connectivity index (χ2v) is 4.97. The number of piperidine rings is 1. The highest BCUT2D eigenvalue weighted by Crippen LogP contribution is 2.22. The van der Waals surface area contributed by atoms with Gasteiger partial charge in [-0.2, -0.15) is 0 Å². The first-order valence-corrected chi connectivity index (χ1v) is 6.54. The van der Waals surface area contributed by atoms with Crippen LogP contribution in [0.25, 0.3) is 0 Å². The van der Waals surface area contributed by atoms with E-state index in [1.807, 2.05) is 0 Å². The molecular weight excluding hydrogens is 305 g/mol. The van der Waals surface area contributed by atoms with Crippen LogP contribution in [0, 0.1) is 5.82 Å². The second kappa shape index (κ2) is 6.04. The zero-order valence-corrected chi connectivity index (χ0v) is 11.3. The lowest BCUT2D eigenvalue weighted by Crippen LogP contribution is -2.36. The maximum absolute atomic E-state index is 13.3. The number of amides is 1. The molecule has 1 saturated heterocycles. The number of carbonyl (C=O) groups excluding carboxylic acids is 1. The summed E-state index contributed by atoms with van der Waals surface area (Å²) in [6.07, 6.45) is 2.46. The molecule has 0 radical (unpaired) electrons. The average Bonchev–Trinajstić information content (AvgIpc) is 2.40. The summed E-state index contributed by atoms with van der Waals surface area (Å²) in [7, 11) is 0. The van der Waals surface area contributed by atoms with E-state index in [4.69, 9.17) is 4.89 Å². The molecule has 6 heteroatoms. The smallest absolute Gasteiger partial charge is 0.305 e. The molecule has 0 bridgehead atoms. The van der Waals surface area contributed by atoms with Gasteiger partial charge in [0.05, 0.1) is 0 Å². The summed E-state index contributed by atoms with van der Waals surface area (Å²) in [5.74, 6) is -0.695. The van der Waals surface area contributed by atoms with Crippen LogP contribution in [0.5, 0.6) is 5.75 Å². The van der Waals surface area contributed by atoms with E-state index in [0.29, 0.717) is 17.6 Å². The van der Waals surface area contributed by atoms with Crippen LogP contribution in [-0.4, -0.2) is 24.1 Å². The maximum atomic E-state index is 13.3. The highest BCUT2D eigenvalue weighted by atomic mass is 79.9. The van der Waals surface area contributed by atoms with E-state index in [0.717, 1.165) is 19.3 Å². The van der Waals surface area contributed by atoms with E-state index in [-0.39, 0.29) is 5.75 Å². The Kier molecular flexibility index (Phi) is 4.41. The molecule has 1 amide bonds. The lowest BCUT2D eigenvalue weighted by Gasteiger charge is -2.24. The topological polar surface area (TPSA) is 38.8 Å². The molecule has 1 aromatic rings. The van der Waals surface area contributed by atoms with E-state index in [1.54, 1.807) is 4.90 Å². The van der Waals surface area contributed by atoms with Gasteiger partial charge in [-0.15, -0.1) is 0 Å². The Morgan fingerprint density at radius 3 is 2.72 bits per heavy atom. The largest absolute Gasteiger partial charge is 0.452 e. The molecule has 0 aliphatic carbocycles. The minimum absolute atomic E-state index is 0.116. The van der Waals surface area contributed by atoms with Crippen molar-refractivity contribution in [1.29, 1.82) is 0 Å². The molecule has 1 aliphatic rings. The summed E-state index contributed by atoms with van der Waals surface area (Å²) in [5, 5.41) is 0. The molecule has 0 spiro atoms. The zero-order chi connectivity index (χ0) is 13.0. The summed E-state index contributed by atoms with van der Waals surface area (Å²) < 4.78 is 14.0. The Labute approximate surface area is 113 Å². The van der Waals surface area contributed by atoms with Crippen molar-refractivity contribution < 1.29 is 19.0 Å². The lowest BCUT2D eigenvalue weighted by molar-refractivity contribution is -0.157. The Hall–Kier alpha value is -1.30. The minimum Gasteiger partial charge on any atom is -0.305 e. The molecule has 1 aromatic carbocycles. The van der Waals surface area contributed by atoms with Crippen LogP contribution in [0.2, 0.25) is 0 Å². The third-order valence-corrected chi connectivity index (χ3v) is 3.20. The van der Waals surface area contributed by atoms with Crippen LogP contribution in [0.4, 0.5) is 9.18 Å². The molecule has 0 atom stereocenters. The molecule has 2 rings (SSSR count). The van der Waals surface area contributed by atoms with Gasteiger partial charge in [0.2, 0.25) is 5.75 Å². The first-order valence-electron chi connectivity index (χ1n) is 5.75. The highest BCUT2D eigenvalue weighted by Gasteiger charge is 2.19. The van der Waals surface area contributed by atoms with Crippen molar-refractivity contribution in [2.75, 3.05) is 13.1 Å². The molecule has 0 aromatic heterocycles. The molecular formula is C12H13BrFNO3. The normalized spacial score (nSPS) is 15.3. The van der Waals surface area contributed by atoms with Gasteiger partial charge in [-0.05, 0) is 31.4 Å². The molecule has 1 fully saturated rings. The first-order chi connectivity index (χ1) is 8.66. The number of hydrogen-bond donors (Lipinski definition) is 0. The third-order valence-electron chi connectivity index (χ3n) is 2.71. The fraction of sp³-hybridized carbons (Fsp3) is 0.417. The molecule has 18 heavy (non-hydrogen) atoms. The van der Waals surface area contributed by atoms with Gasteiger partial charge in [0, 0.05) is 23.6 Å². The number of nitrogens with zero attached hydrogens (tertiary/aromatic N) is 1. The molecule has 98 valence electrons. The van der Waals surface area contributed by atoms with Crippen molar-refractivity contribution in [2.24, 2.45) is 0 Å². The summed E-state index contributed by atoms with van der Waals surface area (Å²) in [5.41, 5.74) is 0. The zero-order valence-electron chi connectivity index (χ0n) is 9.70. The van der Waals surface area contributed by atoms with Gasteiger partial charge in [-0.25, -0.2) is 14.1 Å². The van der Waals surface area contributed by atoms with E-state index in [9.17, 15) is 9.18 Å². The number of likely N-dealkylation sites (tertiary alicyclic amines) is 1. The number of benzene rings is 1. The maximum Gasteiger partial charge on any atom is 0.452 e. The summed E-state index contributed by atoms with van der Waals surface area (Å²) in [4.78, 5) is 22.5. The monoisotopic (exact) mass is 317 g/mol. The van der Waals surface area contributed by atoms with Crippen LogP contribution in [-0.2, 0) is 4.89 Å². The quantitative estimate of drug-likeness (QED) is 0.619. The standard InChI is InChI=1S/C12H13BrFNO3/c13-9-4-5-10(14)11(8-9)17-18-12(16)15-6-2-1-3-7-15/h4-5,8H,1-3,6-7H2. The fourth-order valence-corrected chi connectivity index (χ4v) is 2.09. The highest BCUT2D eigenvalue weighted by molar-refractivity contribution is 9.10. The van der Waals surface area contributed by atoms with Gasteiger partial charge in [0.1, 0.15) is 0 Å². The van der Waals surface area contributed by atoms with Crippen molar-refractivity contribution in [1.82, 2.24) is 4.90 Å². The van der Waals surface area contributed by atoms with Gasteiger partial charge in [0.15, 0.2) is 5.82 Å². The van der Waals surface area contributed by atoms with Crippen LogP contribution >= 0.6 is 15.9 Å². The van der Waals surface area contributed by atoms with E-state index in [1.165, 1.54) is 18.2 Å². The third kappa shape index (κ3) is 3.35. The van der Waals surface area contributed by atoms with Crippen LogP contribution < -0.4 is 4.89 Å².